The number of unbranched alkanes of at least 4 members (excludes halogenated alkanes) is 3. The molecule has 4 rings (SSSR count). The fraction of sp³-hybridized carbons (Fsp3) is 0.308. The van der Waals surface area contributed by atoms with Crippen LogP contribution in [0, 0.1) is 0 Å². The summed E-state index contributed by atoms with van der Waals surface area (Å²) in [5.74, 6) is -0.338. The molecule has 0 spiro atoms. The topological polar surface area (TPSA) is 116 Å². The first-order valence-corrected chi connectivity index (χ1v) is 11.6. The Bertz CT molecular complexity index is 1230. The van der Waals surface area contributed by atoms with Gasteiger partial charge < -0.3 is 26.3 Å². The van der Waals surface area contributed by atoms with Gasteiger partial charge >= 0.3 is 0 Å². The van der Waals surface area contributed by atoms with Crippen LogP contribution in [0.1, 0.15) is 37.7 Å². The predicted molar refractivity (Wildman–Crippen MR) is 133 cm³/mol. The number of benzene rings is 2. The van der Waals surface area contributed by atoms with Crippen molar-refractivity contribution < 1.29 is 9.59 Å². The number of para-hydroxylation sites is 1. The van der Waals surface area contributed by atoms with Gasteiger partial charge in [0.2, 0.25) is 11.8 Å². The standard InChI is InChI=1S/C26H31N5O2/c27-13-6-2-1-3-9-25(32)31-24(16-19-17-29-23-8-5-4-7-21(19)23)26(33)30-20-10-11-22-18(15-20)12-14-28-22/h4-5,7-8,10-12,14-15,17,24,28-29H,1-3,6,9,13,16,27H2,(H,30,33)(H,31,32). The Morgan fingerprint density at radius 1 is 0.939 bits per heavy atom. The van der Waals surface area contributed by atoms with E-state index in [0.29, 0.717) is 25.1 Å². The summed E-state index contributed by atoms with van der Waals surface area (Å²) in [6.45, 7) is 0.674. The molecule has 0 aliphatic heterocycles. The molecule has 0 fully saturated rings. The molecule has 0 bridgehead atoms. The molecule has 33 heavy (non-hydrogen) atoms. The van der Waals surface area contributed by atoms with Crippen molar-refractivity contribution in [3.8, 4) is 0 Å². The van der Waals surface area contributed by atoms with E-state index in [1.165, 1.54) is 0 Å². The molecule has 7 nitrogen and oxygen atoms in total. The fourth-order valence-corrected chi connectivity index (χ4v) is 4.14. The largest absolute Gasteiger partial charge is 0.361 e. The molecule has 4 aromatic rings. The van der Waals surface area contributed by atoms with Crippen LogP contribution in [0.5, 0.6) is 0 Å². The summed E-state index contributed by atoms with van der Waals surface area (Å²) in [7, 11) is 0. The molecular formula is C26H31N5O2. The third-order valence-electron chi connectivity index (χ3n) is 5.93. The van der Waals surface area contributed by atoms with Gasteiger partial charge in [0.1, 0.15) is 6.04 Å². The number of anilines is 1. The quantitative estimate of drug-likeness (QED) is 0.223. The van der Waals surface area contributed by atoms with Gasteiger partial charge in [0.15, 0.2) is 0 Å². The number of fused-ring (bicyclic) bond motifs is 2. The molecule has 2 heterocycles. The third kappa shape index (κ3) is 5.81. The second-order valence-corrected chi connectivity index (χ2v) is 8.41. The summed E-state index contributed by atoms with van der Waals surface area (Å²) in [5, 5.41) is 8.02. The number of hydrogen-bond donors (Lipinski definition) is 5. The number of nitrogens with two attached hydrogens (primary N) is 1. The summed E-state index contributed by atoms with van der Waals surface area (Å²) < 4.78 is 0. The SMILES string of the molecule is NCCCCCCC(=O)NC(Cc1c[nH]c2ccccc12)C(=O)Nc1ccc2[nH]ccc2c1. The van der Waals surface area contributed by atoms with E-state index in [-0.39, 0.29) is 11.8 Å². The van der Waals surface area contributed by atoms with Crippen molar-refractivity contribution in [2.24, 2.45) is 5.73 Å². The highest BCUT2D eigenvalue weighted by molar-refractivity contribution is 5.99. The maximum atomic E-state index is 13.2. The number of aromatic amines is 2. The maximum Gasteiger partial charge on any atom is 0.247 e. The van der Waals surface area contributed by atoms with Crippen molar-refractivity contribution in [2.45, 2.75) is 44.6 Å². The van der Waals surface area contributed by atoms with Crippen LogP contribution in [-0.2, 0) is 16.0 Å². The zero-order valence-electron chi connectivity index (χ0n) is 18.7. The number of carbonyl (C=O) groups excluding carboxylic acids is 2. The van der Waals surface area contributed by atoms with E-state index in [2.05, 4.69) is 20.6 Å². The van der Waals surface area contributed by atoms with Crippen LogP contribution < -0.4 is 16.4 Å². The summed E-state index contributed by atoms with van der Waals surface area (Å²) in [6.07, 6.45) is 8.32. The molecule has 0 radical (unpaired) electrons. The van der Waals surface area contributed by atoms with Crippen LogP contribution in [0.3, 0.4) is 0 Å². The first-order valence-electron chi connectivity index (χ1n) is 11.6. The van der Waals surface area contributed by atoms with Crippen LogP contribution in [0.2, 0.25) is 0 Å². The number of H-pyrrole nitrogens is 2. The minimum Gasteiger partial charge on any atom is -0.361 e. The van der Waals surface area contributed by atoms with E-state index < -0.39 is 6.04 Å². The van der Waals surface area contributed by atoms with Gasteiger partial charge in [0.05, 0.1) is 0 Å². The highest BCUT2D eigenvalue weighted by Crippen LogP contribution is 2.21. The summed E-state index contributed by atoms with van der Waals surface area (Å²) >= 11 is 0. The molecule has 1 atom stereocenters. The lowest BCUT2D eigenvalue weighted by Crippen LogP contribution is -2.45. The summed E-state index contributed by atoms with van der Waals surface area (Å²) in [4.78, 5) is 32.3. The molecule has 0 aliphatic carbocycles. The van der Waals surface area contributed by atoms with Gasteiger partial charge in [-0.25, -0.2) is 0 Å². The Labute approximate surface area is 193 Å². The molecule has 2 aromatic heterocycles. The van der Waals surface area contributed by atoms with Crippen LogP contribution in [-0.4, -0.2) is 34.4 Å². The Kier molecular flexibility index (Phi) is 7.42. The minimum atomic E-state index is -0.678. The molecule has 2 aromatic carbocycles. The number of amides is 2. The lowest BCUT2D eigenvalue weighted by Gasteiger charge is -2.19. The fourth-order valence-electron chi connectivity index (χ4n) is 4.14. The van der Waals surface area contributed by atoms with Crippen LogP contribution in [0.25, 0.3) is 21.8 Å². The Hall–Kier alpha value is -3.58. The normalized spacial score (nSPS) is 12.2. The van der Waals surface area contributed by atoms with Gasteiger partial charge in [-0.15, -0.1) is 0 Å². The minimum absolute atomic E-state index is 0.108. The van der Waals surface area contributed by atoms with Gasteiger partial charge in [0.25, 0.3) is 0 Å². The number of nitrogens with one attached hydrogen (secondary N) is 4. The van der Waals surface area contributed by atoms with E-state index >= 15 is 0 Å². The number of hydrogen-bond acceptors (Lipinski definition) is 3. The molecule has 6 N–H and O–H groups in total. The van der Waals surface area contributed by atoms with Crippen molar-refractivity contribution in [1.29, 1.82) is 0 Å². The van der Waals surface area contributed by atoms with Crippen LogP contribution >= 0.6 is 0 Å². The van der Waals surface area contributed by atoms with E-state index in [9.17, 15) is 9.59 Å². The smallest absolute Gasteiger partial charge is 0.247 e. The second kappa shape index (κ2) is 10.8. The first kappa shape index (κ1) is 22.6. The highest BCUT2D eigenvalue weighted by Gasteiger charge is 2.23. The zero-order valence-corrected chi connectivity index (χ0v) is 18.7. The monoisotopic (exact) mass is 445 g/mol. The Morgan fingerprint density at radius 2 is 1.79 bits per heavy atom. The van der Waals surface area contributed by atoms with Crippen molar-refractivity contribution in [3.05, 3.63) is 66.5 Å². The van der Waals surface area contributed by atoms with Crippen molar-refractivity contribution in [2.75, 3.05) is 11.9 Å². The van der Waals surface area contributed by atoms with Gasteiger partial charge in [-0.1, -0.05) is 31.0 Å². The average Bonchev–Trinajstić information content (AvgIpc) is 3.45. The van der Waals surface area contributed by atoms with E-state index in [0.717, 1.165) is 53.1 Å². The lowest BCUT2D eigenvalue weighted by molar-refractivity contribution is -0.126. The number of carbonyl (C=O) groups is 2. The first-order chi connectivity index (χ1) is 16.1. The molecule has 2 amide bonds. The summed E-state index contributed by atoms with van der Waals surface area (Å²) in [6, 6.07) is 15.0. The van der Waals surface area contributed by atoms with Gasteiger partial charge in [0, 0.05) is 52.7 Å². The Morgan fingerprint density at radius 3 is 2.67 bits per heavy atom. The zero-order chi connectivity index (χ0) is 23.0. The maximum absolute atomic E-state index is 13.2. The molecule has 0 aliphatic rings. The van der Waals surface area contributed by atoms with E-state index in [1.807, 2.05) is 60.9 Å². The van der Waals surface area contributed by atoms with Crippen molar-refractivity contribution in [1.82, 2.24) is 15.3 Å². The molecule has 172 valence electrons. The molecule has 0 saturated heterocycles. The Balaban J connectivity index is 1.47. The van der Waals surface area contributed by atoms with E-state index in [4.69, 9.17) is 5.73 Å². The second-order valence-electron chi connectivity index (χ2n) is 8.41. The summed E-state index contributed by atoms with van der Waals surface area (Å²) in [5.41, 5.74) is 9.25. The molecule has 0 saturated carbocycles. The van der Waals surface area contributed by atoms with Crippen molar-refractivity contribution >= 4 is 39.3 Å². The molecule has 1 unspecified atom stereocenters. The van der Waals surface area contributed by atoms with Crippen LogP contribution in [0.15, 0.2) is 60.9 Å². The lowest BCUT2D eigenvalue weighted by atomic mass is 10.0. The molecular weight excluding hydrogens is 414 g/mol. The van der Waals surface area contributed by atoms with Crippen LogP contribution in [0.4, 0.5) is 5.69 Å². The average molecular weight is 446 g/mol. The third-order valence-corrected chi connectivity index (χ3v) is 5.93. The van der Waals surface area contributed by atoms with Gasteiger partial charge in [-0.3, -0.25) is 9.59 Å². The predicted octanol–water partition coefficient (Wildman–Crippen LogP) is 4.22. The number of aromatic nitrogens is 2. The van der Waals surface area contributed by atoms with Gasteiger partial charge in [-0.05, 0) is 55.3 Å². The molecule has 7 heteroatoms. The highest BCUT2D eigenvalue weighted by atomic mass is 16.2. The number of rotatable bonds is 11. The van der Waals surface area contributed by atoms with E-state index in [1.54, 1.807) is 0 Å². The van der Waals surface area contributed by atoms with Gasteiger partial charge in [-0.2, -0.15) is 0 Å². The van der Waals surface area contributed by atoms with Crippen molar-refractivity contribution in [3.63, 3.8) is 0 Å².